The van der Waals surface area contributed by atoms with Crippen molar-refractivity contribution in [1.82, 2.24) is 4.98 Å². The SMILES string of the molecule is COc1cc(C(=O)Nc2nc(-c3ccc4c(c3)C(C)(C)C(=O)N4C)cs2)cc(OC)c1OC. The molecule has 1 aromatic heterocycles. The Kier molecular flexibility index (Phi) is 5.75. The highest BCUT2D eigenvalue weighted by Crippen LogP contribution is 2.43. The van der Waals surface area contributed by atoms with Crippen LogP contribution in [0.1, 0.15) is 29.8 Å². The number of hydrogen-bond donors (Lipinski definition) is 1. The molecule has 0 saturated carbocycles. The average Bonchev–Trinajstić information content (AvgIpc) is 3.35. The van der Waals surface area contributed by atoms with Crippen LogP contribution < -0.4 is 24.4 Å². The van der Waals surface area contributed by atoms with Crippen LogP contribution in [-0.2, 0) is 10.2 Å². The molecule has 2 aromatic carbocycles. The number of methoxy groups -OCH3 is 3. The lowest BCUT2D eigenvalue weighted by Gasteiger charge is -2.16. The van der Waals surface area contributed by atoms with Crippen LogP contribution in [-0.4, -0.2) is 45.2 Å². The second-order valence-electron chi connectivity index (χ2n) is 8.13. The number of hydrogen-bond acceptors (Lipinski definition) is 7. The molecule has 9 heteroatoms. The number of amides is 2. The van der Waals surface area contributed by atoms with Gasteiger partial charge in [-0.2, -0.15) is 0 Å². The third-order valence-corrected chi connectivity index (χ3v) is 6.58. The molecule has 1 aliphatic rings. The van der Waals surface area contributed by atoms with E-state index in [1.165, 1.54) is 32.7 Å². The molecule has 3 aromatic rings. The zero-order valence-corrected chi connectivity index (χ0v) is 20.1. The first-order valence-corrected chi connectivity index (χ1v) is 11.1. The van der Waals surface area contributed by atoms with Crippen LogP contribution >= 0.6 is 11.3 Å². The van der Waals surface area contributed by atoms with Crippen LogP contribution in [0.2, 0.25) is 0 Å². The van der Waals surface area contributed by atoms with E-state index in [0.717, 1.165) is 22.5 Å². The number of carbonyl (C=O) groups is 2. The number of fused-ring (bicyclic) bond motifs is 1. The van der Waals surface area contributed by atoms with Gasteiger partial charge in [-0.3, -0.25) is 14.9 Å². The van der Waals surface area contributed by atoms with Crippen molar-refractivity contribution in [2.75, 3.05) is 38.6 Å². The van der Waals surface area contributed by atoms with E-state index >= 15 is 0 Å². The topological polar surface area (TPSA) is 90.0 Å². The minimum atomic E-state index is -0.598. The Bertz CT molecular complexity index is 1230. The Labute approximate surface area is 196 Å². The molecule has 0 unspecified atom stereocenters. The van der Waals surface area contributed by atoms with Gasteiger partial charge in [0, 0.05) is 29.2 Å². The monoisotopic (exact) mass is 467 g/mol. The second kappa shape index (κ2) is 8.40. The third kappa shape index (κ3) is 3.78. The quantitative estimate of drug-likeness (QED) is 0.580. The third-order valence-electron chi connectivity index (χ3n) is 5.82. The first-order valence-electron chi connectivity index (χ1n) is 10.2. The molecule has 8 nitrogen and oxygen atoms in total. The molecule has 33 heavy (non-hydrogen) atoms. The molecule has 0 spiro atoms. The van der Waals surface area contributed by atoms with E-state index in [-0.39, 0.29) is 11.8 Å². The Morgan fingerprint density at radius 2 is 1.73 bits per heavy atom. The van der Waals surface area contributed by atoms with E-state index in [0.29, 0.717) is 27.9 Å². The normalized spacial score (nSPS) is 14.1. The summed E-state index contributed by atoms with van der Waals surface area (Å²) in [6, 6.07) is 9.04. The van der Waals surface area contributed by atoms with Crippen molar-refractivity contribution in [2.24, 2.45) is 0 Å². The number of benzene rings is 2. The van der Waals surface area contributed by atoms with Crippen LogP contribution in [0.3, 0.4) is 0 Å². The molecule has 2 amide bonds. The van der Waals surface area contributed by atoms with Crippen LogP contribution in [0.4, 0.5) is 10.8 Å². The zero-order chi connectivity index (χ0) is 23.9. The number of carbonyl (C=O) groups excluding carboxylic acids is 2. The van der Waals surface area contributed by atoms with Crippen LogP contribution in [0.25, 0.3) is 11.3 Å². The number of aromatic nitrogens is 1. The van der Waals surface area contributed by atoms with Gasteiger partial charge in [0.25, 0.3) is 5.91 Å². The summed E-state index contributed by atoms with van der Waals surface area (Å²) in [5, 5.41) is 5.16. The standard InChI is InChI=1S/C24H25N3O5S/c1-24(2)15-9-13(7-8-17(15)27(3)22(24)29)16-12-33-23(25-16)26-21(28)14-10-18(30-4)20(32-6)19(11-14)31-5/h7-12H,1-6H3,(H,25,26,28). The highest BCUT2D eigenvalue weighted by Gasteiger charge is 2.42. The molecule has 2 heterocycles. The molecule has 0 saturated heterocycles. The smallest absolute Gasteiger partial charge is 0.257 e. The van der Waals surface area contributed by atoms with E-state index < -0.39 is 5.41 Å². The number of anilines is 2. The lowest BCUT2D eigenvalue weighted by molar-refractivity contribution is -0.121. The Morgan fingerprint density at radius 3 is 2.33 bits per heavy atom. The molecule has 0 atom stereocenters. The predicted molar refractivity (Wildman–Crippen MR) is 128 cm³/mol. The Balaban J connectivity index is 1.59. The minimum Gasteiger partial charge on any atom is -0.493 e. The number of ether oxygens (including phenoxy) is 3. The summed E-state index contributed by atoms with van der Waals surface area (Å²) >= 11 is 1.32. The maximum absolute atomic E-state index is 12.9. The highest BCUT2D eigenvalue weighted by atomic mass is 32.1. The van der Waals surface area contributed by atoms with E-state index in [4.69, 9.17) is 14.2 Å². The number of nitrogens with one attached hydrogen (secondary N) is 1. The lowest BCUT2D eigenvalue weighted by atomic mass is 9.85. The summed E-state index contributed by atoms with van der Waals surface area (Å²) in [6.45, 7) is 3.84. The van der Waals surface area contributed by atoms with Gasteiger partial charge in [-0.05, 0) is 43.7 Å². The van der Waals surface area contributed by atoms with Gasteiger partial charge in [0.1, 0.15) is 0 Å². The molecular weight excluding hydrogens is 442 g/mol. The first kappa shape index (κ1) is 22.6. The van der Waals surface area contributed by atoms with E-state index in [2.05, 4.69) is 10.3 Å². The van der Waals surface area contributed by atoms with Gasteiger partial charge in [0.15, 0.2) is 16.6 Å². The fourth-order valence-electron chi connectivity index (χ4n) is 3.98. The van der Waals surface area contributed by atoms with Crippen molar-refractivity contribution in [3.05, 3.63) is 46.8 Å². The maximum Gasteiger partial charge on any atom is 0.257 e. The number of likely N-dealkylation sites (N-methyl/N-ethyl adjacent to an activating group) is 1. The summed E-state index contributed by atoms with van der Waals surface area (Å²) in [7, 11) is 6.28. The van der Waals surface area contributed by atoms with E-state index in [1.54, 1.807) is 24.1 Å². The summed E-state index contributed by atoms with van der Waals surface area (Å²) in [5.74, 6) is 0.907. The van der Waals surface area contributed by atoms with Crippen molar-refractivity contribution < 1.29 is 23.8 Å². The van der Waals surface area contributed by atoms with Crippen molar-refractivity contribution in [1.29, 1.82) is 0 Å². The number of rotatable bonds is 6. The molecule has 1 N–H and O–H groups in total. The first-order chi connectivity index (χ1) is 15.7. The van der Waals surface area contributed by atoms with Crippen molar-refractivity contribution in [2.45, 2.75) is 19.3 Å². The summed E-state index contributed by atoms with van der Waals surface area (Å²) in [5.41, 5.74) is 3.22. The lowest BCUT2D eigenvalue weighted by Crippen LogP contribution is -2.33. The second-order valence-corrected chi connectivity index (χ2v) is 8.99. The van der Waals surface area contributed by atoms with Gasteiger partial charge >= 0.3 is 0 Å². The predicted octanol–water partition coefficient (Wildman–Crippen LogP) is 4.34. The van der Waals surface area contributed by atoms with Crippen molar-refractivity contribution in [3.63, 3.8) is 0 Å². The summed E-state index contributed by atoms with van der Waals surface area (Å²) < 4.78 is 16.0. The van der Waals surface area contributed by atoms with Crippen molar-refractivity contribution in [3.8, 4) is 28.5 Å². The number of nitrogens with zero attached hydrogens (tertiary/aromatic N) is 2. The molecule has 172 valence electrons. The maximum atomic E-state index is 12.9. The average molecular weight is 468 g/mol. The van der Waals surface area contributed by atoms with Gasteiger partial charge in [-0.1, -0.05) is 6.07 Å². The molecule has 0 aliphatic carbocycles. The molecule has 0 fully saturated rings. The molecule has 1 aliphatic heterocycles. The van der Waals surface area contributed by atoms with E-state index in [1.807, 2.05) is 37.4 Å². The molecular formula is C24H25N3O5S. The van der Waals surface area contributed by atoms with Crippen molar-refractivity contribution >= 4 is 34.0 Å². The zero-order valence-electron chi connectivity index (χ0n) is 19.3. The van der Waals surface area contributed by atoms with Crippen LogP contribution in [0.15, 0.2) is 35.7 Å². The molecule has 0 bridgehead atoms. The summed E-state index contributed by atoms with van der Waals surface area (Å²) in [6.07, 6.45) is 0. The van der Waals surface area contributed by atoms with Gasteiger partial charge in [0.2, 0.25) is 11.7 Å². The van der Waals surface area contributed by atoms with Gasteiger partial charge in [0.05, 0.1) is 32.4 Å². The fraction of sp³-hybridized carbons (Fsp3) is 0.292. The fourth-order valence-corrected chi connectivity index (χ4v) is 4.69. The minimum absolute atomic E-state index is 0.0613. The van der Waals surface area contributed by atoms with Gasteiger partial charge in [-0.15, -0.1) is 11.3 Å². The number of thiazole rings is 1. The van der Waals surface area contributed by atoms with Crippen LogP contribution in [0, 0.1) is 0 Å². The highest BCUT2D eigenvalue weighted by molar-refractivity contribution is 7.14. The van der Waals surface area contributed by atoms with Gasteiger partial charge < -0.3 is 19.1 Å². The largest absolute Gasteiger partial charge is 0.493 e. The summed E-state index contributed by atoms with van der Waals surface area (Å²) in [4.78, 5) is 31.7. The molecule has 0 radical (unpaired) electrons. The Hall–Kier alpha value is -3.59. The van der Waals surface area contributed by atoms with E-state index in [9.17, 15) is 9.59 Å². The van der Waals surface area contributed by atoms with Crippen LogP contribution in [0.5, 0.6) is 17.2 Å². The van der Waals surface area contributed by atoms with Gasteiger partial charge in [-0.25, -0.2) is 4.98 Å². The molecule has 4 rings (SSSR count). The Morgan fingerprint density at radius 1 is 1.06 bits per heavy atom.